The Hall–Kier alpha value is -3.22. The first-order valence-electron chi connectivity index (χ1n) is 7.74. The van der Waals surface area contributed by atoms with Gasteiger partial charge in [0.05, 0.1) is 6.20 Å². The summed E-state index contributed by atoms with van der Waals surface area (Å²) in [5.74, 6) is -1.03. The molecule has 0 aliphatic heterocycles. The van der Waals surface area contributed by atoms with E-state index in [2.05, 4.69) is 10.3 Å². The maximum Gasteiger partial charge on any atom is 0.419 e. The van der Waals surface area contributed by atoms with Crippen LogP contribution in [0.1, 0.15) is 5.69 Å². The minimum atomic E-state index is -0.640. The third-order valence-electron chi connectivity index (χ3n) is 3.58. The third kappa shape index (κ3) is 4.41. The van der Waals surface area contributed by atoms with Gasteiger partial charge < -0.3 is 9.73 Å². The summed E-state index contributed by atoms with van der Waals surface area (Å²) in [6, 6.07) is 11.1. The minimum Gasteiger partial charge on any atom is -0.408 e. The quantitative estimate of drug-likeness (QED) is 0.744. The number of rotatable bonds is 6. The van der Waals surface area contributed by atoms with Crippen LogP contribution in [0.2, 0.25) is 0 Å². The molecule has 1 amide bonds. The number of carbonyl (C=O) groups excluding carboxylic acids is 1. The molecule has 6 nitrogen and oxygen atoms in total. The zero-order valence-electron chi connectivity index (χ0n) is 13.3. The molecular weight excluding hydrogens is 325 g/mol. The molecule has 0 atom stereocenters. The minimum absolute atomic E-state index is 0.147. The number of hydrogen-bond acceptors (Lipinski definition) is 4. The molecule has 0 bridgehead atoms. The lowest BCUT2D eigenvalue weighted by Gasteiger charge is -2.04. The van der Waals surface area contributed by atoms with Gasteiger partial charge in [0.15, 0.2) is 5.76 Å². The summed E-state index contributed by atoms with van der Waals surface area (Å²) in [7, 11) is 0. The van der Waals surface area contributed by atoms with Gasteiger partial charge in [0.25, 0.3) is 0 Å². The van der Waals surface area contributed by atoms with Crippen LogP contribution >= 0.6 is 0 Å². The summed E-state index contributed by atoms with van der Waals surface area (Å²) in [6.45, 7) is 0.277. The Balaban J connectivity index is 1.58. The molecule has 0 spiro atoms. The zero-order valence-corrected chi connectivity index (χ0v) is 13.3. The Morgan fingerprint density at radius 2 is 2.00 bits per heavy atom. The molecule has 0 saturated carbocycles. The van der Waals surface area contributed by atoms with Crippen molar-refractivity contribution in [2.45, 2.75) is 13.0 Å². The van der Waals surface area contributed by atoms with Crippen molar-refractivity contribution in [1.29, 1.82) is 0 Å². The topological polar surface area (TPSA) is 77.1 Å². The van der Waals surface area contributed by atoms with Gasteiger partial charge in [-0.05, 0) is 36.4 Å². The van der Waals surface area contributed by atoms with E-state index in [0.29, 0.717) is 18.5 Å². The molecule has 1 aromatic carbocycles. The van der Waals surface area contributed by atoms with E-state index >= 15 is 0 Å². The number of amides is 1. The van der Waals surface area contributed by atoms with Gasteiger partial charge in [0, 0.05) is 30.4 Å². The van der Waals surface area contributed by atoms with E-state index in [4.69, 9.17) is 4.42 Å². The van der Waals surface area contributed by atoms with Crippen molar-refractivity contribution >= 4 is 5.91 Å². The lowest BCUT2D eigenvalue weighted by Crippen LogP contribution is -2.31. The molecule has 25 heavy (non-hydrogen) atoms. The van der Waals surface area contributed by atoms with Crippen molar-refractivity contribution in [3.63, 3.8) is 0 Å². The average Bonchev–Trinajstić information content (AvgIpc) is 2.97. The number of carbonyl (C=O) groups is 1. The van der Waals surface area contributed by atoms with Crippen LogP contribution in [0.5, 0.6) is 0 Å². The highest BCUT2D eigenvalue weighted by atomic mass is 19.1. The van der Waals surface area contributed by atoms with Crippen LogP contribution in [0.4, 0.5) is 4.39 Å². The lowest BCUT2D eigenvalue weighted by atomic mass is 10.2. The molecule has 3 rings (SSSR count). The van der Waals surface area contributed by atoms with Gasteiger partial charge in [-0.25, -0.2) is 9.18 Å². The summed E-state index contributed by atoms with van der Waals surface area (Å²) in [5, 5.41) is 2.73. The van der Waals surface area contributed by atoms with Gasteiger partial charge in [-0.3, -0.25) is 14.3 Å². The van der Waals surface area contributed by atoms with Crippen molar-refractivity contribution in [3.8, 4) is 11.3 Å². The average molecular weight is 341 g/mol. The summed E-state index contributed by atoms with van der Waals surface area (Å²) >= 11 is 0. The number of aromatic nitrogens is 2. The van der Waals surface area contributed by atoms with Gasteiger partial charge in [-0.2, -0.15) is 0 Å². The maximum absolute atomic E-state index is 12.9. The smallest absolute Gasteiger partial charge is 0.408 e. The van der Waals surface area contributed by atoms with E-state index in [1.54, 1.807) is 6.20 Å². The van der Waals surface area contributed by atoms with Crippen LogP contribution in [0, 0.1) is 5.82 Å². The maximum atomic E-state index is 12.9. The number of pyridine rings is 1. The lowest BCUT2D eigenvalue weighted by molar-refractivity contribution is -0.121. The van der Waals surface area contributed by atoms with Gasteiger partial charge >= 0.3 is 5.76 Å². The Labute approximate surface area is 142 Å². The van der Waals surface area contributed by atoms with E-state index in [-0.39, 0.29) is 24.0 Å². The molecule has 2 aromatic heterocycles. The number of nitrogens with zero attached hydrogens (tertiary/aromatic N) is 2. The number of benzene rings is 1. The van der Waals surface area contributed by atoms with Crippen LogP contribution < -0.4 is 11.1 Å². The Morgan fingerprint density at radius 1 is 1.20 bits per heavy atom. The number of nitrogens with one attached hydrogen (secondary N) is 1. The van der Waals surface area contributed by atoms with E-state index < -0.39 is 5.76 Å². The molecule has 0 radical (unpaired) electrons. The first-order valence-corrected chi connectivity index (χ1v) is 7.74. The van der Waals surface area contributed by atoms with Crippen molar-refractivity contribution in [3.05, 3.63) is 76.9 Å². The van der Waals surface area contributed by atoms with Crippen LogP contribution in [0.25, 0.3) is 11.3 Å². The fourth-order valence-electron chi connectivity index (χ4n) is 2.32. The highest BCUT2D eigenvalue weighted by Crippen LogP contribution is 2.18. The molecule has 7 heteroatoms. The Bertz CT molecular complexity index is 901. The van der Waals surface area contributed by atoms with E-state index in [9.17, 15) is 14.0 Å². The second-order valence-corrected chi connectivity index (χ2v) is 5.42. The van der Waals surface area contributed by atoms with Crippen LogP contribution in [0.3, 0.4) is 0 Å². The zero-order chi connectivity index (χ0) is 17.6. The van der Waals surface area contributed by atoms with Gasteiger partial charge in [0.1, 0.15) is 12.4 Å². The highest BCUT2D eigenvalue weighted by Gasteiger charge is 2.11. The van der Waals surface area contributed by atoms with Crippen molar-refractivity contribution in [1.82, 2.24) is 14.9 Å². The second-order valence-electron chi connectivity index (χ2n) is 5.42. The van der Waals surface area contributed by atoms with E-state index in [0.717, 1.165) is 5.69 Å². The van der Waals surface area contributed by atoms with Crippen molar-refractivity contribution in [2.75, 3.05) is 6.54 Å². The fraction of sp³-hybridized carbons (Fsp3) is 0.167. The molecule has 128 valence electrons. The standard InChI is InChI=1S/C18H16FN3O3/c19-14-6-4-13(5-7-14)16-11-22(18(24)25-16)12-17(23)21-10-8-15-3-1-2-9-20-15/h1-7,9,11H,8,10,12H2,(H,21,23). The van der Waals surface area contributed by atoms with Crippen molar-refractivity contribution in [2.24, 2.45) is 0 Å². The molecule has 0 saturated heterocycles. The highest BCUT2D eigenvalue weighted by molar-refractivity contribution is 5.75. The molecule has 3 aromatic rings. The van der Waals surface area contributed by atoms with Gasteiger partial charge in [-0.15, -0.1) is 0 Å². The normalized spacial score (nSPS) is 10.6. The number of oxazole rings is 1. The van der Waals surface area contributed by atoms with Crippen LogP contribution in [-0.2, 0) is 17.8 Å². The van der Waals surface area contributed by atoms with E-state index in [1.807, 2.05) is 18.2 Å². The molecule has 0 aliphatic rings. The first-order chi connectivity index (χ1) is 12.1. The molecule has 0 unspecified atom stereocenters. The third-order valence-corrected chi connectivity index (χ3v) is 3.58. The summed E-state index contributed by atoms with van der Waals surface area (Å²) in [4.78, 5) is 28.0. The first kappa shape index (κ1) is 16.6. The summed E-state index contributed by atoms with van der Waals surface area (Å²) in [6.07, 6.45) is 3.74. The predicted molar refractivity (Wildman–Crippen MR) is 89.3 cm³/mol. The number of hydrogen-bond donors (Lipinski definition) is 1. The van der Waals surface area contributed by atoms with Crippen molar-refractivity contribution < 1.29 is 13.6 Å². The molecule has 0 aliphatic carbocycles. The summed E-state index contributed by atoms with van der Waals surface area (Å²) in [5.41, 5.74) is 1.44. The second kappa shape index (κ2) is 7.57. The van der Waals surface area contributed by atoms with Crippen LogP contribution in [-0.4, -0.2) is 22.0 Å². The predicted octanol–water partition coefficient (Wildman–Crippen LogP) is 2.00. The van der Waals surface area contributed by atoms with Gasteiger partial charge in [-0.1, -0.05) is 6.07 Å². The molecular formula is C18H16FN3O3. The fourth-order valence-corrected chi connectivity index (χ4v) is 2.32. The molecule has 2 heterocycles. The number of halogens is 1. The summed E-state index contributed by atoms with van der Waals surface area (Å²) < 4.78 is 19.2. The molecule has 0 fully saturated rings. The van der Waals surface area contributed by atoms with E-state index in [1.165, 1.54) is 35.0 Å². The SMILES string of the molecule is O=C(Cn1cc(-c2ccc(F)cc2)oc1=O)NCCc1ccccn1. The monoisotopic (exact) mass is 341 g/mol. The Morgan fingerprint density at radius 3 is 2.72 bits per heavy atom. The Kier molecular flexibility index (Phi) is 5.03. The van der Waals surface area contributed by atoms with Gasteiger partial charge in [0.2, 0.25) is 5.91 Å². The largest absolute Gasteiger partial charge is 0.419 e. The van der Waals surface area contributed by atoms with Crippen LogP contribution in [0.15, 0.2) is 64.1 Å². The molecule has 1 N–H and O–H groups in total.